The molecule has 3 nitrogen and oxygen atoms in total. The number of rotatable bonds is 0. The molecule has 0 aromatic carbocycles. The Morgan fingerprint density at radius 2 is 1.75 bits per heavy atom. The molecule has 0 N–H and O–H groups in total. The molecule has 1 heterocycles. The SMILES string of the molecule is O=C1CC(=C2CCCC2)C(=O)O1. The molecule has 0 unspecified atom stereocenters. The molecule has 12 heavy (non-hydrogen) atoms. The van der Waals surface area contributed by atoms with Crippen LogP contribution in [0, 0.1) is 0 Å². The van der Waals surface area contributed by atoms with Crippen LogP contribution in [-0.4, -0.2) is 11.9 Å². The van der Waals surface area contributed by atoms with Gasteiger partial charge in [0.2, 0.25) is 0 Å². The van der Waals surface area contributed by atoms with Crippen molar-refractivity contribution in [2.24, 2.45) is 0 Å². The van der Waals surface area contributed by atoms with Crippen LogP contribution in [0.1, 0.15) is 32.1 Å². The minimum Gasteiger partial charge on any atom is -0.389 e. The van der Waals surface area contributed by atoms with Gasteiger partial charge < -0.3 is 4.74 Å². The molecule has 0 spiro atoms. The zero-order chi connectivity index (χ0) is 8.55. The predicted octanol–water partition coefficient (Wildman–Crippen LogP) is 1.33. The van der Waals surface area contributed by atoms with E-state index in [0.717, 1.165) is 31.3 Å². The summed E-state index contributed by atoms with van der Waals surface area (Å²) in [5, 5.41) is 0. The van der Waals surface area contributed by atoms with Crippen molar-refractivity contribution in [3.05, 3.63) is 11.1 Å². The van der Waals surface area contributed by atoms with E-state index in [4.69, 9.17) is 0 Å². The minimum absolute atomic E-state index is 0.203. The largest absolute Gasteiger partial charge is 0.389 e. The highest BCUT2D eigenvalue weighted by molar-refractivity contribution is 6.06. The number of ether oxygens (including phenoxy) is 1. The summed E-state index contributed by atoms with van der Waals surface area (Å²) < 4.78 is 4.45. The van der Waals surface area contributed by atoms with Crippen LogP contribution in [0.5, 0.6) is 0 Å². The summed E-state index contributed by atoms with van der Waals surface area (Å²) in [7, 11) is 0. The quantitative estimate of drug-likeness (QED) is 0.310. The molecule has 0 amide bonds. The maximum Gasteiger partial charge on any atom is 0.342 e. The van der Waals surface area contributed by atoms with Gasteiger partial charge in [-0.1, -0.05) is 5.57 Å². The van der Waals surface area contributed by atoms with E-state index in [0.29, 0.717) is 5.57 Å². The monoisotopic (exact) mass is 166 g/mol. The van der Waals surface area contributed by atoms with Gasteiger partial charge in [-0.05, 0) is 25.7 Å². The Kier molecular flexibility index (Phi) is 1.71. The molecular weight excluding hydrogens is 156 g/mol. The lowest BCUT2D eigenvalue weighted by Gasteiger charge is -1.96. The predicted molar refractivity (Wildman–Crippen MR) is 41.2 cm³/mol. The summed E-state index contributed by atoms with van der Waals surface area (Å²) in [6.45, 7) is 0. The lowest BCUT2D eigenvalue weighted by atomic mass is 10.1. The fourth-order valence-corrected chi connectivity index (χ4v) is 1.79. The maximum atomic E-state index is 11.1. The van der Waals surface area contributed by atoms with Crippen LogP contribution in [0.25, 0.3) is 0 Å². The lowest BCUT2D eigenvalue weighted by molar-refractivity contribution is -0.151. The third kappa shape index (κ3) is 1.15. The minimum atomic E-state index is -0.406. The number of esters is 2. The summed E-state index contributed by atoms with van der Waals surface area (Å²) >= 11 is 0. The van der Waals surface area contributed by atoms with Crippen molar-refractivity contribution >= 4 is 11.9 Å². The van der Waals surface area contributed by atoms with E-state index < -0.39 is 11.9 Å². The first-order valence-corrected chi connectivity index (χ1v) is 4.23. The molecule has 2 fully saturated rings. The molecule has 1 aliphatic heterocycles. The van der Waals surface area contributed by atoms with Gasteiger partial charge in [-0.2, -0.15) is 0 Å². The van der Waals surface area contributed by atoms with Crippen molar-refractivity contribution in [1.29, 1.82) is 0 Å². The molecule has 1 saturated carbocycles. The van der Waals surface area contributed by atoms with Gasteiger partial charge in [-0.15, -0.1) is 0 Å². The van der Waals surface area contributed by atoms with E-state index in [1.807, 2.05) is 0 Å². The molecule has 0 aromatic heterocycles. The number of carbonyl (C=O) groups is 2. The molecule has 1 aliphatic carbocycles. The Balaban J connectivity index is 2.27. The van der Waals surface area contributed by atoms with E-state index in [9.17, 15) is 9.59 Å². The highest BCUT2D eigenvalue weighted by Crippen LogP contribution is 2.31. The number of cyclic esters (lactones) is 2. The van der Waals surface area contributed by atoms with Gasteiger partial charge >= 0.3 is 11.9 Å². The van der Waals surface area contributed by atoms with Crippen molar-refractivity contribution in [3.8, 4) is 0 Å². The van der Waals surface area contributed by atoms with Crippen LogP contribution in [0.2, 0.25) is 0 Å². The molecule has 0 atom stereocenters. The van der Waals surface area contributed by atoms with Gasteiger partial charge in [0.25, 0.3) is 0 Å². The van der Waals surface area contributed by atoms with Gasteiger partial charge in [0.05, 0.1) is 6.42 Å². The second-order valence-corrected chi connectivity index (χ2v) is 3.23. The van der Waals surface area contributed by atoms with Gasteiger partial charge in [-0.3, -0.25) is 4.79 Å². The number of allylic oxidation sites excluding steroid dienone is 1. The third-order valence-corrected chi connectivity index (χ3v) is 2.41. The van der Waals surface area contributed by atoms with Crippen molar-refractivity contribution in [2.45, 2.75) is 32.1 Å². The first kappa shape index (κ1) is 7.53. The van der Waals surface area contributed by atoms with Crippen LogP contribution in [0.15, 0.2) is 11.1 Å². The normalized spacial score (nSPS) is 23.7. The second-order valence-electron chi connectivity index (χ2n) is 3.23. The Morgan fingerprint density at radius 3 is 2.25 bits per heavy atom. The molecular formula is C9H10O3. The van der Waals surface area contributed by atoms with Crippen molar-refractivity contribution in [3.63, 3.8) is 0 Å². The Morgan fingerprint density at radius 1 is 1.08 bits per heavy atom. The summed E-state index contributed by atoms with van der Waals surface area (Å²) in [4.78, 5) is 21.8. The zero-order valence-electron chi connectivity index (χ0n) is 6.76. The molecule has 2 aliphatic rings. The smallest absolute Gasteiger partial charge is 0.342 e. The summed E-state index contributed by atoms with van der Waals surface area (Å²) in [6.07, 6.45) is 4.42. The fourth-order valence-electron chi connectivity index (χ4n) is 1.79. The van der Waals surface area contributed by atoms with E-state index >= 15 is 0 Å². The Bertz CT molecular complexity index is 267. The lowest BCUT2D eigenvalue weighted by Crippen LogP contribution is -1.98. The average molecular weight is 166 g/mol. The summed E-state index contributed by atoms with van der Waals surface area (Å²) in [5.41, 5.74) is 1.78. The average Bonchev–Trinajstić information content (AvgIpc) is 2.58. The zero-order valence-corrected chi connectivity index (χ0v) is 6.76. The van der Waals surface area contributed by atoms with Crippen molar-refractivity contribution < 1.29 is 14.3 Å². The number of hydrogen-bond donors (Lipinski definition) is 0. The standard InChI is InChI=1S/C9H10O3/c10-8-5-7(9(11)12-8)6-3-1-2-4-6/h1-5H2. The summed E-state index contributed by atoms with van der Waals surface area (Å²) in [6, 6.07) is 0. The molecule has 2 rings (SSSR count). The molecule has 0 bridgehead atoms. The maximum absolute atomic E-state index is 11.1. The fraction of sp³-hybridized carbons (Fsp3) is 0.556. The van der Waals surface area contributed by atoms with Gasteiger partial charge in [0.15, 0.2) is 0 Å². The van der Waals surface area contributed by atoms with Crippen LogP contribution < -0.4 is 0 Å². The highest BCUT2D eigenvalue weighted by atomic mass is 16.6. The molecule has 0 radical (unpaired) electrons. The molecule has 1 saturated heterocycles. The summed E-state index contributed by atoms with van der Waals surface area (Å²) in [5.74, 6) is -0.800. The van der Waals surface area contributed by atoms with Crippen molar-refractivity contribution in [1.82, 2.24) is 0 Å². The van der Waals surface area contributed by atoms with Crippen molar-refractivity contribution in [2.75, 3.05) is 0 Å². The van der Waals surface area contributed by atoms with Crippen LogP contribution in [-0.2, 0) is 14.3 Å². The Hall–Kier alpha value is -1.12. The van der Waals surface area contributed by atoms with E-state index in [1.54, 1.807) is 0 Å². The van der Waals surface area contributed by atoms with Crippen LogP contribution >= 0.6 is 0 Å². The first-order valence-electron chi connectivity index (χ1n) is 4.23. The third-order valence-electron chi connectivity index (χ3n) is 2.41. The van der Waals surface area contributed by atoms with Gasteiger partial charge in [-0.25, -0.2) is 4.79 Å². The highest BCUT2D eigenvalue weighted by Gasteiger charge is 2.30. The van der Waals surface area contributed by atoms with E-state index in [1.165, 1.54) is 0 Å². The number of hydrogen-bond acceptors (Lipinski definition) is 3. The van der Waals surface area contributed by atoms with Crippen LogP contribution in [0.3, 0.4) is 0 Å². The van der Waals surface area contributed by atoms with E-state index in [2.05, 4.69) is 4.74 Å². The molecule has 64 valence electrons. The topological polar surface area (TPSA) is 43.4 Å². The number of carbonyl (C=O) groups excluding carboxylic acids is 2. The van der Waals surface area contributed by atoms with Gasteiger partial charge in [0.1, 0.15) is 0 Å². The Labute approximate surface area is 70.4 Å². The van der Waals surface area contributed by atoms with Gasteiger partial charge in [0, 0.05) is 5.57 Å². The first-order chi connectivity index (χ1) is 5.77. The van der Waals surface area contributed by atoms with E-state index in [-0.39, 0.29) is 6.42 Å². The van der Waals surface area contributed by atoms with Crippen LogP contribution in [0.4, 0.5) is 0 Å². The molecule has 0 aromatic rings. The second kappa shape index (κ2) is 2.73. The molecule has 3 heteroatoms.